The van der Waals surface area contributed by atoms with E-state index in [2.05, 4.69) is 4.99 Å². The van der Waals surface area contributed by atoms with Gasteiger partial charge < -0.3 is 5.73 Å². The zero-order chi connectivity index (χ0) is 13.0. The van der Waals surface area contributed by atoms with E-state index in [1.54, 1.807) is 6.21 Å². The maximum atomic E-state index is 5.81. The van der Waals surface area contributed by atoms with Crippen LogP contribution in [0.15, 0.2) is 53.5 Å². The topological polar surface area (TPSA) is 38.4 Å². The van der Waals surface area contributed by atoms with Crippen molar-refractivity contribution in [3.63, 3.8) is 0 Å². The molecule has 0 bridgehead atoms. The van der Waals surface area contributed by atoms with Gasteiger partial charge in [0, 0.05) is 16.8 Å². The fourth-order valence-corrected chi connectivity index (χ4v) is 1.67. The third-order valence-electron chi connectivity index (χ3n) is 2.38. The van der Waals surface area contributed by atoms with E-state index >= 15 is 0 Å². The normalized spacial score (nSPS) is 10.7. The summed E-state index contributed by atoms with van der Waals surface area (Å²) in [6.07, 6.45) is 1.78. The maximum Gasteiger partial charge on any atom is 0.103 e. The zero-order valence-corrected chi connectivity index (χ0v) is 11.1. The molecule has 4 heteroatoms. The molecule has 2 rings (SSSR count). The Hall–Kier alpha value is -1.71. The zero-order valence-electron chi connectivity index (χ0n) is 9.51. The van der Waals surface area contributed by atoms with Crippen molar-refractivity contribution in [1.82, 2.24) is 0 Å². The molecule has 0 saturated heterocycles. The minimum atomic E-state index is 0.392. The molecule has 18 heavy (non-hydrogen) atoms. The quantitative estimate of drug-likeness (QED) is 0.684. The van der Waals surface area contributed by atoms with Gasteiger partial charge in [-0.3, -0.25) is 4.99 Å². The van der Waals surface area contributed by atoms with Crippen LogP contribution in [0.3, 0.4) is 0 Å². The lowest BCUT2D eigenvalue weighted by atomic mass is 10.2. The van der Waals surface area contributed by atoms with Gasteiger partial charge in [-0.05, 0) is 42.0 Å². The third kappa shape index (κ3) is 3.39. The average Bonchev–Trinajstić information content (AvgIpc) is 2.38. The Morgan fingerprint density at radius 3 is 2.22 bits per heavy atom. The first-order chi connectivity index (χ1) is 8.65. The lowest BCUT2D eigenvalue weighted by Crippen LogP contribution is -2.08. The minimum absolute atomic E-state index is 0.392. The highest BCUT2D eigenvalue weighted by Crippen LogP contribution is 2.14. The van der Waals surface area contributed by atoms with Crippen LogP contribution in [0.25, 0.3) is 0 Å². The van der Waals surface area contributed by atoms with Crippen LogP contribution in [0.5, 0.6) is 0 Å². The Morgan fingerprint density at radius 1 is 1.06 bits per heavy atom. The van der Waals surface area contributed by atoms with Crippen molar-refractivity contribution in [3.8, 4) is 0 Å². The van der Waals surface area contributed by atoms with Crippen molar-refractivity contribution in [2.24, 2.45) is 10.7 Å². The molecule has 0 unspecified atom stereocenters. The second-order valence-electron chi connectivity index (χ2n) is 3.72. The first kappa shape index (κ1) is 12.7. The molecule has 0 aromatic heterocycles. The van der Waals surface area contributed by atoms with Gasteiger partial charge in [0.05, 0.1) is 5.69 Å². The maximum absolute atomic E-state index is 5.81. The Balaban J connectivity index is 2.13. The fourth-order valence-electron chi connectivity index (χ4n) is 1.41. The largest absolute Gasteiger partial charge is 0.389 e. The summed E-state index contributed by atoms with van der Waals surface area (Å²) in [4.78, 5) is 4.75. The molecule has 90 valence electrons. The van der Waals surface area contributed by atoms with E-state index < -0.39 is 0 Å². The van der Waals surface area contributed by atoms with Crippen LogP contribution in [0.1, 0.15) is 11.1 Å². The van der Waals surface area contributed by atoms with Crippen LogP contribution < -0.4 is 5.73 Å². The summed E-state index contributed by atoms with van der Waals surface area (Å²) in [5, 5.41) is 0.716. The van der Waals surface area contributed by atoms with Crippen molar-refractivity contribution in [2.45, 2.75) is 0 Å². The molecule has 0 heterocycles. The van der Waals surface area contributed by atoms with E-state index in [-0.39, 0.29) is 0 Å². The first-order valence-electron chi connectivity index (χ1n) is 5.34. The number of thiocarbonyl (C=S) groups is 1. The third-order valence-corrected chi connectivity index (χ3v) is 2.87. The van der Waals surface area contributed by atoms with Crippen LogP contribution in [-0.2, 0) is 0 Å². The number of nitrogens with zero attached hydrogens (tertiary/aromatic N) is 1. The number of benzene rings is 2. The highest BCUT2D eigenvalue weighted by Gasteiger charge is 1.95. The van der Waals surface area contributed by atoms with E-state index in [0.29, 0.717) is 10.0 Å². The molecule has 0 amide bonds. The Labute approximate surface area is 116 Å². The van der Waals surface area contributed by atoms with E-state index in [0.717, 1.165) is 16.8 Å². The number of rotatable bonds is 3. The van der Waals surface area contributed by atoms with Crippen molar-refractivity contribution >= 4 is 40.7 Å². The van der Waals surface area contributed by atoms with Gasteiger partial charge in [-0.1, -0.05) is 36.0 Å². The SMILES string of the molecule is NC(=S)c1ccc(N=Cc2ccc(Cl)cc2)cc1. The molecule has 0 spiro atoms. The highest BCUT2D eigenvalue weighted by molar-refractivity contribution is 7.80. The van der Waals surface area contributed by atoms with Crippen LogP contribution in [0, 0.1) is 0 Å². The molecule has 0 aliphatic carbocycles. The molecule has 0 saturated carbocycles. The molecular weight excluding hydrogens is 264 g/mol. The first-order valence-corrected chi connectivity index (χ1v) is 6.13. The number of nitrogens with two attached hydrogens (primary N) is 1. The Bertz CT molecular complexity index is 574. The molecule has 2 N–H and O–H groups in total. The summed E-state index contributed by atoms with van der Waals surface area (Å²) in [7, 11) is 0. The van der Waals surface area contributed by atoms with Crippen LogP contribution >= 0.6 is 23.8 Å². The number of hydrogen-bond acceptors (Lipinski definition) is 2. The predicted molar refractivity (Wildman–Crippen MR) is 81.0 cm³/mol. The lowest BCUT2D eigenvalue weighted by Gasteiger charge is -1.98. The van der Waals surface area contributed by atoms with E-state index in [4.69, 9.17) is 29.6 Å². The monoisotopic (exact) mass is 274 g/mol. The van der Waals surface area contributed by atoms with E-state index in [1.165, 1.54) is 0 Å². The van der Waals surface area contributed by atoms with Crippen molar-refractivity contribution in [1.29, 1.82) is 0 Å². The fraction of sp³-hybridized carbons (Fsp3) is 0. The lowest BCUT2D eigenvalue weighted by molar-refractivity contribution is 1.51. The van der Waals surface area contributed by atoms with Crippen molar-refractivity contribution in [2.75, 3.05) is 0 Å². The highest BCUT2D eigenvalue weighted by atomic mass is 35.5. The number of halogens is 1. The molecule has 0 atom stereocenters. The number of aliphatic imine (C=N–C) groups is 1. The van der Waals surface area contributed by atoms with Crippen molar-refractivity contribution in [3.05, 3.63) is 64.7 Å². The minimum Gasteiger partial charge on any atom is -0.389 e. The smallest absolute Gasteiger partial charge is 0.103 e. The van der Waals surface area contributed by atoms with Gasteiger partial charge in [0.25, 0.3) is 0 Å². The Morgan fingerprint density at radius 2 is 1.67 bits per heavy atom. The molecule has 2 aromatic carbocycles. The summed E-state index contributed by atoms with van der Waals surface area (Å²) >= 11 is 10.7. The summed E-state index contributed by atoms with van der Waals surface area (Å²) in [5.74, 6) is 0. The molecule has 0 fully saturated rings. The van der Waals surface area contributed by atoms with Gasteiger partial charge >= 0.3 is 0 Å². The van der Waals surface area contributed by atoms with Gasteiger partial charge in [0.1, 0.15) is 4.99 Å². The average molecular weight is 275 g/mol. The second-order valence-corrected chi connectivity index (χ2v) is 4.60. The van der Waals surface area contributed by atoms with Gasteiger partial charge in [-0.25, -0.2) is 0 Å². The van der Waals surface area contributed by atoms with E-state index in [9.17, 15) is 0 Å². The molecule has 2 nitrogen and oxygen atoms in total. The van der Waals surface area contributed by atoms with Crippen LogP contribution in [0.4, 0.5) is 5.69 Å². The van der Waals surface area contributed by atoms with Gasteiger partial charge in [-0.15, -0.1) is 0 Å². The predicted octanol–water partition coefficient (Wildman–Crippen LogP) is 3.72. The summed E-state index contributed by atoms with van der Waals surface area (Å²) < 4.78 is 0. The van der Waals surface area contributed by atoms with Crippen LogP contribution in [-0.4, -0.2) is 11.2 Å². The summed E-state index contributed by atoms with van der Waals surface area (Å²) in [6, 6.07) is 15.0. The van der Waals surface area contributed by atoms with Gasteiger partial charge in [0.15, 0.2) is 0 Å². The second kappa shape index (κ2) is 5.76. The molecule has 0 aliphatic heterocycles. The molecule has 0 radical (unpaired) electrons. The molecular formula is C14H11ClN2S. The molecule has 0 aliphatic rings. The van der Waals surface area contributed by atoms with Crippen LogP contribution in [0.2, 0.25) is 5.02 Å². The van der Waals surface area contributed by atoms with Crippen molar-refractivity contribution < 1.29 is 0 Å². The van der Waals surface area contributed by atoms with E-state index in [1.807, 2.05) is 48.5 Å². The number of hydrogen-bond donors (Lipinski definition) is 1. The van der Waals surface area contributed by atoms with Gasteiger partial charge in [0.2, 0.25) is 0 Å². The summed E-state index contributed by atoms with van der Waals surface area (Å²) in [5.41, 5.74) is 8.22. The standard InChI is InChI=1S/C14H11ClN2S/c15-12-5-1-10(2-6-12)9-17-13-7-3-11(4-8-13)14(16)18/h1-9H,(H2,16,18). The Kier molecular flexibility index (Phi) is 4.07. The molecule has 2 aromatic rings. The summed E-state index contributed by atoms with van der Waals surface area (Å²) in [6.45, 7) is 0. The van der Waals surface area contributed by atoms with Gasteiger partial charge in [-0.2, -0.15) is 0 Å².